The molecule has 1 heterocycles. The summed E-state index contributed by atoms with van der Waals surface area (Å²) in [5.41, 5.74) is 5.01. The summed E-state index contributed by atoms with van der Waals surface area (Å²) in [6.07, 6.45) is 5.36. The summed E-state index contributed by atoms with van der Waals surface area (Å²) in [6, 6.07) is 0. The molecular weight excluding hydrogens is 254 g/mol. The third-order valence-corrected chi connectivity index (χ3v) is 3.84. The lowest BCUT2D eigenvalue weighted by molar-refractivity contribution is 0.0230. The first kappa shape index (κ1) is 22.1. The van der Waals surface area contributed by atoms with Crippen LogP contribution in [0.4, 0.5) is 0 Å². The van der Waals surface area contributed by atoms with Crippen LogP contribution < -0.4 is 5.73 Å². The first-order valence-electron chi connectivity index (χ1n) is 8.15. The molecule has 0 bridgehead atoms. The fraction of sp³-hybridized carbons (Fsp3) is 1.00. The first-order valence-corrected chi connectivity index (χ1v) is 8.15. The zero-order valence-electron chi connectivity index (χ0n) is 14.2. The molecule has 4 heteroatoms. The van der Waals surface area contributed by atoms with Gasteiger partial charge >= 0.3 is 0 Å². The van der Waals surface area contributed by atoms with Gasteiger partial charge in [0.25, 0.3) is 0 Å². The van der Waals surface area contributed by atoms with Gasteiger partial charge in [-0.2, -0.15) is 0 Å². The highest BCUT2D eigenvalue weighted by Gasteiger charge is 2.26. The Morgan fingerprint density at radius 3 is 1.75 bits per heavy atom. The van der Waals surface area contributed by atoms with Crippen LogP contribution in [0.3, 0.4) is 0 Å². The van der Waals surface area contributed by atoms with E-state index in [1.165, 1.54) is 0 Å². The number of rotatable bonds is 5. The van der Waals surface area contributed by atoms with Gasteiger partial charge in [-0.05, 0) is 32.1 Å². The van der Waals surface area contributed by atoms with Gasteiger partial charge in [-0.1, -0.05) is 41.0 Å². The zero-order chi connectivity index (χ0) is 16.1. The Bertz CT molecular complexity index is 188. The summed E-state index contributed by atoms with van der Waals surface area (Å²) in [5, 5.41) is 18.4. The van der Waals surface area contributed by atoms with Crippen LogP contribution >= 0.6 is 0 Å². The van der Waals surface area contributed by atoms with E-state index in [0.29, 0.717) is 13.2 Å². The average molecular weight is 291 g/mol. The Hall–Kier alpha value is -0.160. The van der Waals surface area contributed by atoms with E-state index in [4.69, 9.17) is 15.6 Å². The monoisotopic (exact) mass is 291 g/mol. The predicted molar refractivity (Wildman–Crippen MR) is 85.8 cm³/mol. The molecule has 1 saturated heterocycles. The van der Waals surface area contributed by atoms with Crippen LogP contribution in [0.25, 0.3) is 0 Å². The lowest BCUT2D eigenvalue weighted by atomic mass is 9.92. The minimum atomic E-state index is -0.366. The van der Waals surface area contributed by atoms with Gasteiger partial charge in [-0.3, -0.25) is 0 Å². The second kappa shape index (κ2) is 12.6. The van der Waals surface area contributed by atoms with Crippen LogP contribution in [0.5, 0.6) is 0 Å². The highest BCUT2D eigenvalue weighted by Crippen LogP contribution is 2.20. The second-order valence-corrected chi connectivity index (χ2v) is 5.31. The lowest BCUT2D eigenvalue weighted by Crippen LogP contribution is -2.48. The van der Waals surface area contributed by atoms with Crippen LogP contribution in [0, 0.1) is 0 Å². The molecule has 0 atom stereocenters. The molecule has 0 aromatic carbocycles. The molecule has 1 aliphatic rings. The van der Waals surface area contributed by atoms with Crippen molar-refractivity contribution >= 4 is 0 Å². The van der Waals surface area contributed by atoms with E-state index in [2.05, 4.69) is 6.92 Å². The van der Waals surface area contributed by atoms with E-state index >= 15 is 0 Å². The smallest absolute Gasteiger partial charge is 0.0642 e. The molecule has 4 nitrogen and oxygen atoms in total. The van der Waals surface area contributed by atoms with E-state index in [1.54, 1.807) is 0 Å². The summed E-state index contributed by atoms with van der Waals surface area (Å²) in [7, 11) is 0. The highest BCUT2D eigenvalue weighted by molar-refractivity contribution is 4.85. The van der Waals surface area contributed by atoms with Gasteiger partial charge in [0, 0.05) is 18.8 Å². The number of hydrogen-bond donors (Lipinski definition) is 3. The Labute approximate surface area is 125 Å². The minimum absolute atomic E-state index is 0.0797. The third-order valence-electron chi connectivity index (χ3n) is 3.84. The molecule has 0 aromatic heterocycles. The number of nitrogens with two attached hydrogens (primary N) is 1. The number of ether oxygens (including phenoxy) is 1. The normalized spacial score (nSPS) is 17.4. The molecule has 1 aliphatic heterocycles. The summed E-state index contributed by atoms with van der Waals surface area (Å²) < 4.78 is 5.08. The molecule has 1 rings (SSSR count). The SMILES string of the molecule is CC.CCCC(O)(CC)CC.NC1(CO)CCOCC1. The zero-order valence-corrected chi connectivity index (χ0v) is 14.2. The van der Waals surface area contributed by atoms with Crippen LogP contribution in [-0.2, 0) is 4.74 Å². The maximum atomic E-state index is 9.63. The van der Waals surface area contributed by atoms with Crippen molar-refractivity contribution in [1.29, 1.82) is 0 Å². The van der Waals surface area contributed by atoms with E-state index in [1.807, 2.05) is 27.7 Å². The fourth-order valence-electron chi connectivity index (χ4n) is 2.00. The quantitative estimate of drug-likeness (QED) is 0.728. The van der Waals surface area contributed by atoms with Gasteiger partial charge in [-0.25, -0.2) is 0 Å². The van der Waals surface area contributed by atoms with E-state index in [9.17, 15) is 5.11 Å². The van der Waals surface area contributed by atoms with Crippen LogP contribution in [-0.4, -0.2) is 41.2 Å². The molecule has 1 fully saturated rings. The highest BCUT2D eigenvalue weighted by atomic mass is 16.5. The molecule has 0 spiro atoms. The van der Waals surface area contributed by atoms with Crippen molar-refractivity contribution in [2.24, 2.45) is 5.73 Å². The Morgan fingerprint density at radius 2 is 1.55 bits per heavy atom. The summed E-state index contributed by atoms with van der Waals surface area (Å²) >= 11 is 0. The molecule has 20 heavy (non-hydrogen) atoms. The average Bonchev–Trinajstić information content (AvgIpc) is 2.51. The second-order valence-electron chi connectivity index (χ2n) is 5.31. The van der Waals surface area contributed by atoms with Crippen molar-refractivity contribution in [3.05, 3.63) is 0 Å². The third kappa shape index (κ3) is 9.70. The number of aliphatic hydroxyl groups is 2. The van der Waals surface area contributed by atoms with Gasteiger partial charge in [0.05, 0.1) is 12.2 Å². The maximum Gasteiger partial charge on any atom is 0.0642 e. The molecular formula is C16H37NO3. The van der Waals surface area contributed by atoms with Gasteiger partial charge in [0.15, 0.2) is 0 Å². The number of hydrogen-bond acceptors (Lipinski definition) is 4. The van der Waals surface area contributed by atoms with Crippen molar-refractivity contribution in [2.45, 2.75) is 84.3 Å². The molecule has 4 N–H and O–H groups in total. The van der Waals surface area contributed by atoms with Gasteiger partial charge < -0.3 is 20.7 Å². The van der Waals surface area contributed by atoms with Gasteiger partial charge in [0.1, 0.15) is 0 Å². The van der Waals surface area contributed by atoms with Crippen LogP contribution in [0.1, 0.15) is 73.1 Å². The Morgan fingerprint density at radius 1 is 1.10 bits per heavy atom. The van der Waals surface area contributed by atoms with Crippen LogP contribution in [0.2, 0.25) is 0 Å². The molecule has 0 amide bonds. The molecule has 0 aliphatic carbocycles. The fourth-order valence-corrected chi connectivity index (χ4v) is 2.00. The van der Waals surface area contributed by atoms with Gasteiger partial charge in [0.2, 0.25) is 0 Å². The largest absolute Gasteiger partial charge is 0.394 e. The maximum absolute atomic E-state index is 9.63. The van der Waals surface area contributed by atoms with Crippen molar-refractivity contribution in [1.82, 2.24) is 0 Å². The number of aliphatic hydroxyl groups excluding tert-OH is 1. The molecule has 0 aromatic rings. The Balaban J connectivity index is 0. The van der Waals surface area contributed by atoms with Crippen molar-refractivity contribution in [3.8, 4) is 0 Å². The van der Waals surface area contributed by atoms with Gasteiger partial charge in [-0.15, -0.1) is 0 Å². The molecule has 0 unspecified atom stereocenters. The summed E-state index contributed by atoms with van der Waals surface area (Å²) in [4.78, 5) is 0. The van der Waals surface area contributed by atoms with Crippen LogP contribution in [0.15, 0.2) is 0 Å². The minimum Gasteiger partial charge on any atom is -0.394 e. The summed E-state index contributed by atoms with van der Waals surface area (Å²) in [6.45, 7) is 11.7. The summed E-state index contributed by atoms with van der Waals surface area (Å²) in [5.74, 6) is 0. The Kier molecular flexibility index (Phi) is 13.9. The lowest BCUT2D eigenvalue weighted by Gasteiger charge is -2.30. The molecule has 0 radical (unpaired) electrons. The van der Waals surface area contributed by atoms with Crippen molar-refractivity contribution in [2.75, 3.05) is 19.8 Å². The van der Waals surface area contributed by atoms with E-state index in [-0.39, 0.29) is 17.7 Å². The van der Waals surface area contributed by atoms with Crippen molar-refractivity contribution < 1.29 is 14.9 Å². The molecule has 0 saturated carbocycles. The van der Waals surface area contributed by atoms with E-state index < -0.39 is 0 Å². The standard InChI is InChI=1S/C8H18O.C6H13NO2.C2H6/c1-4-7-8(9,5-2)6-3;7-6(5-8)1-3-9-4-2-6;1-2/h9H,4-7H2,1-3H3;8H,1-5,7H2;1-2H3. The first-order chi connectivity index (χ1) is 9.45. The van der Waals surface area contributed by atoms with Crippen molar-refractivity contribution in [3.63, 3.8) is 0 Å². The van der Waals surface area contributed by atoms with E-state index in [0.717, 1.165) is 38.5 Å². The predicted octanol–water partition coefficient (Wildman–Crippen LogP) is 2.85. The molecule has 124 valence electrons. The topological polar surface area (TPSA) is 75.7 Å².